The van der Waals surface area contributed by atoms with E-state index in [4.69, 9.17) is 0 Å². The normalized spacial score (nSPS) is 12.1. The summed E-state index contributed by atoms with van der Waals surface area (Å²) in [5.41, 5.74) is -1.29. The maximum absolute atomic E-state index is 13.7. The van der Waals surface area contributed by atoms with Crippen LogP contribution in [-0.2, 0) is 4.79 Å². The third-order valence-electron chi connectivity index (χ3n) is 3.79. The van der Waals surface area contributed by atoms with E-state index in [2.05, 4.69) is 10.3 Å². The van der Waals surface area contributed by atoms with Crippen LogP contribution in [0.5, 0.6) is 0 Å². The van der Waals surface area contributed by atoms with Gasteiger partial charge in [-0.05, 0) is 31.2 Å². The van der Waals surface area contributed by atoms with Crippen molar-refractivity contribution in [3.63, 3.8) is 0 Å². The first-order valence-electron chi connectivity index (χ1n) is 7.38. The van der Waals surface area contributed by atoms with Crippen LogP contribution in [0.4, 0.5) is 14.5 Å². The van der Waals surface area contributed by atoms with E-state index in [1.165, 1.54) is 13.0 Å². The van der Waals surface area contributed by atoms with Gasteiger partial charge in [0.1, 0.15) is 17.7 Å². The summed E-state index contributed by atoms with van der Waals surface area (Å²) in [4.78, 5) is 39.5. The molecule has 3 rings (SSSR count). The highest BCUT2D eigenvalue weighted by Gasteiger charge is 2.21. The molecule has 0 aliphatic rings. The second kappa shape index (κ2) is 6.31. The molecule has 8 heteroatoms. The standard InChI is InChI=1S/C17H13F2N3O3/c1-9(15(23)20-14-7-6-10(18)8-12(14)19)22-16(24)11-4-2-3-5-13(11)21-17(22)25/h2-9H,1H3,(H,20,23)(H,21,25). The van der Waals surface area contributed by atoms with Gasteiger partial charge in [0.05, 0.1) is 16.6 Å². The van der Waals surface area contributed by atoms with E-state index in [1.807, 2.05) is 0 Å². The highest BCUT2D eigenvalue weighted by molar-refractivity contribution is 5.93. The summed E-state index contributed by atoms with van der Waals surface area (Å²) in [5.74, 6) is -2.53. The molecule has 1 atom stereocenters. The Morgan fingerprint density at radius 2 is 1.88 bits per heavy atom. The molecule has 1 unspecified atom stereocenters. The molecule has 1 heterocycles. The van der Waals surface area contributed by atoms with Crippen molar-refractivity contribution in [2.75, 3.05) is 5.32 Å². The van der Waals surface area contributed by atoms with Crippen LogP contribution in [0, 0.1) is 11.6 Å². The van der Waals surface area contributed by atoms with Gasteiger partial charge in [-0.25, -0.2) is 18.1 Å². The van der Waals surface area contributed by atoms with Crippen molar-refractivity contribution in [2.45, 2.75) is 13.0 Å². The first-order chi connectivity index (χ1) is 11.9. The third-order valence-corrected chi connectivity index (χ3v) is 3.79. The van der Waals surface area contributed by atoms with Gasteiger partial charge in [0, 0.05) is 6.07 Å². The number of anilines is 1. The lowest BCUT2D eigenvalue weighted by atomic mass is 10.2. The lowest BCUT2D eigenvalue weighted by molar-refractivity contribution is -0.119. The predicted octanol–water partition coefficient (Wildman–Crippen LogP) is 2.17. The average molecular weight is 345 g/mol. The number of benzene rings is 2. The quantitative estimate of drug-likeness (QED) is 0.763. The Labute approximate surface area is 139 Å². The Morgan fingerprint density at radius 3 is 2.60 bits per heavy atom. The van der Waals surface area contributed by atoms with Gasteiger partial charge >= 0.3 is 5.69 Å². The number of aromatic nitrogens is 2. The Bertz CT molecular complexity index is 1090. The fraction of sp³-hybridized carbons (Fsp3) is 0.118. The van der Waals surface area contributed by atoms with Crippen molar-refractivity contribution in [1.29, 1.82) is 0 Å². The molecule has 0 saturated heterocycles. The highest BCUT2D eigenvalue weighted by atomic mass is 19.1. The minimum atomic E-state index is -1.20. The van der Waals surface area contributed by atoms with Crippen LogP contribution in [0.3, 0.4) is 0 Å². The van der Waals surface area contributed by atoms with Gasteiger partial charge in [-0.1, -0.05) is 12.1 Å². The van der Waals surface area contributed by atoms with Crippen molar-refractivity contribution in [3.8, 4) is 0 Å². The van der Waals surface area contributed by atoms with Crippen LogP contribution in [0.1, 0.15) is 13.0 Å². The molecule has 2 N–H and O–H groups in total. The number of nitrogens with one attached hydrogen (secondary N) is 2. The number of amides is 1. The molecule has 128 valence electrons. The van der Waals surface area contributed by atoms with Crippen LogP contribution >= 0.6 is 0 Å². The van der Waals surface area contributed by atoms with Gasteiger partial charge in [-0.3, -0.25) is 9.59 Å². The zero-order valence-corrected chi connectivity index (χ0v) is 13.0. The van der Waals surface area contributed by atoms with E-state index in [0.717, 1.165) is 16.7 Å². The SMILES string of the molecule is CC(C(=O)Nc1ccc(F)cc1F)n1c(=O)[nH]c2ccccc2c1=O. The second-order valence-corrected chi connectivity index (χ2v) is 5.44. The third kappa shape index (κ3) is 3.06. The van der Waals surface area contributed by atoms with E-state index in [-0.39, 0.29) is 11.1 Å². The maximum Gasteiger partial charge on any atom is 0.329 e. The van der Waals surface area contributed by atoms with E-state index in [0.29, 0.717) is 11.6 Å². The van der Waals surface area contributed by atoms with Crippen molar-refractivity contribution in [3.05, 3.63) is 74.9 Å². The van der Waals surface area contributed by atoms with Gasteiger partial charge in [0.25, 0.3) is 5.56 Å². The predicted molar refractivity (Wildman–Crippen MR) is 88.5 cm³/mol. The molecule has 0 aliphatic heterocycles. The van der Waals surface area contributed by atoms with Crippen molar-refractivity contribution < 1.29 is 13.6 Å². The summed E-state index contributed by atoms with van der Waals surface area (Å²) in [6.45, 7) is 1.34. The lowest BCUT2D eigenvalue weighted by Crippen LogP contribution is -2.41. The number of rotatable bonds is 3. The number of para-hydroxylation sites is 1. The number of aromatic amines is 1. The van der Waals surface area contributed by atoms with Crippen LogP contribution < -0.4 is 16.6 Å². The van der Waals surface area contributed by atoms with Gasteiger partial charge < -0.3 is 10.3 Å². The number of halogens is 2. The fourth-order valence-corrected chi connectivity index (χ4v) is 2.47. The van der Waals surface area contributed by atoms with Crippen LogP contribution in [0.25, 0.3) is 10.9 Å². The molecule has 0 radical (unpaired) electrons. The van der Waals surface area contributed by atoms with Gasteiger partial charge in [0.15, 0.2) is 0 Å². The average Bonchev–Trinajstić information content (AvgIpc) is 2.57. The minimum absolute atomic E-state index is 0.245. The lowest BCUT2D eigenvalue weighted by Gasteiger charge is -2.15. The Balaban J connectivity index is 1.99. The van der Waals surface area contributed by atoms with Gasteiger partial charge in [-0.15, -0.1) is 0 Å². The van der Waals surface area contributed by atoms with Crippen LogP contribution in [0.2, 0.25) is 0 Å². The fourth-order valence-electron chi connectivity index (χ4n) is 2.47. The Morgan fingerprint density at radius 1 is 1.16 bits per heavy atom. The zero-order chi connectivity index (χ0) is 18.1. The molecule has 0 aliphatic carbocycles. The van der Waals surface area contributed by atoms with E-state index in [9.17, 15) is 23.2 Å². The summed E-state index contributed by atoms with van der Waals surface area (Å²) in [6, 6.07) is 7.84. The number of hydrogen-bond donors (Lipinski definition) is 2. The zero-order valence-electron chi connectivity index (χ0n) is 13.0. The second-order valence-electron chi connectivity index (χ2n) is 5.44. The molecule has 0 saturated carbocycles. The van der Waals surface area contributed by atoms with E-state index < -0.39 is 34.8 Å². The Hall–Kier alpha value is -3.29. The van der Waals surface area contributed by atoms with Gasteiger partial charge in [-0.2, -0.15) is 0 Å². The summed E-state index contributed by atoms with van der Waals surface area (Å²) in [7, 11) is 0. The highest BCUT2D eigenvalue weighted by Crippen LogP contribution is 2.16. The number of hydrogen-bond acceptors (Lipinski definition) is 3. The summed E-state index contributed by atoms with van der Waals surface area (Å²) < 4.78 is 27.3. The maximum atomic E-state index is 13.7. The first kappa shape index (κ1) is 16.6. The molecule has 6 nitrogen and oxygen atoms in total. The van der Waals surface area contributed by atoms with Crippen molar-refractivity contribution in [1.82, 2.24) is 9.55 Å². The Kier molecular flexibility index (Phi) is 4.18. The molecule has 0 bridgehead atoms. The molecular formula is C17H13F2N3O3. The van der Waals surface area contributed by atoms with E-state index in [1.54, 1.807) is 18.2 Å². The number of H-pyrrole nitrogens is 1. The molecule has 1 amide bonds. The van der Waals surface area contributed by atoms with Crippen LogP contribution in [0.15, 0.2) is 52.1 Å². The minimum Gasteiger partial charge on any atom is -0.322 e. The van der Waals surface area contributed by atoms with Crippen LogP contribution in [-0.4, -0.2) is 15.5 Å². The van der Waals surface area contributed by atoms with Crippen molar-refractivity contribution in [2.24, 2.45) is 0 Å². The summed E-state index contributed by atoms with van der Waals surface area (Å²) >= 11 is 0. The smallest absolute Gasteiger partial charge is 0.322 e. The largest absolute Gasteiger partial charge is 0.329 e. The molecular weight excluding hydrogens is 332 g/mol. The first-order valence-corrected chi connectivity index (χ1v) is 7.38. The number of nitrogens with zero attached hydrogens (tertiary/aromatic N) is 1. The molecule has 1 aromatic heterocycles. The summed E-state index contributed by atoms with van der Waals surface area (Å²) in [6.07, 6.45) is 0. The molecule has 3 aromatic rings. The van der Waals surface area contributed by atoms with Gasteiger partial charge in [0.2, 0.25) is 5.91 Å². The molecule has 25 heavy (non-hydrogen) atoms. The number of fused-ring (bicyclic) bond motifs is 1. The molecule has 2 aromatic carbocycles. The number of carbonyl (C=O) groups is 1. The monoisotopic (exact) mass is 345 g/mol. The van der Waals surface area contributed by atoms with Crippen molar-refractivity contribution >= 4 is 22.5 Å². The summed E-state index contributed by atoms with van der Waals surface area (Å²) in [5, 5.41) is 2.49. The molecule has 0 spiro atoms. The molecule has 0 fully saturated rings. The topological polar surface area (TPSA) is 84.0 Å². The van der Waals surface area contributed by atoms with E-state index >= 15 is 0 Å². The number of carbonyl (C=O) groups excluding carboxylic acids is 1.